The fraction of sp³-hybridized carbons (Fsp3) is 0.192. The molecule has 0 saturated carbocycles. The van der Waals surface area contributed by atoms with Gasteiger partial charge >= 0.3 is 5.97 Å². The Morgan fingerprint density at radius 3 is 2.52 bits per heavy atom. The first kappa shape index (κ1) is 20.7. The lowest BCUT2D eigenvalue weighted by Crippen LogP contribution is -2.38. The number of carboxylic acid groups (broad SMARTS) is 1. The van der Waals surface area contributed by atoms with E-state index in [1.54, 1.807) is 12.1 Å². The summed E-state index contributed by atoms with van der Waals surface area (Å²) in [4.78, 5) is 18.9. The number of carbonyl (C=O) groups is 1. The Morgan fingerprint density at radius 1 is 1.03 bits per heavy atom. The zero-order chi connectivity index (χ0) is 22.8. The predicted octanol–water partition coefficient (Wildman–Crippen LogP) is 4.16. The lowest BCUT2D eigenvalue weighted by Gasteiger charge is -2.28. The summed E-state index contributed by atoms with van der Waals surface area (Å²) in [6.07, 6.45) is 0. The van der Waals surface area contributed by atoms with Gasteiger partial charge in [-0.15, -0.1) is 0 Å². The van der Waals surface area contributed by atoms with Crippen LogP contribution in [0.5, 0.6) is 0 Å². The van der Waals surface area contributed by atoms with Gasteiger partial charge in [-0.05, 0) is 34.9 Å². The average molecular weight is 438 g/mol. The van der Waals surface area contributed by atoms with Crippen LogP contribution in [0.4, 0.5) is 5.95 Å². The number of hydrogen-bond donors (Lipinski definition) is 1. The minimum atomic E-state index is -0.973. The normalized spacial score (nSPS) is 13.7. The van der Waals surface area contributed by atoms with Crippen molar-refractivity contribution in [3.05, 3.63) is 83.4 Å². The summed E-state index contributed by atoms with van der Waals surface area (Å²) in [6, 6.07) is 23.0. The molecule has 0 spiro atoms. The molecule has 7 nitrogen and oxygen atoms in total. The summed E-state index contributed by atoms with van der Waals surface area (Å²) in [5.74, 6) is -0.223. The fourth-order valence-electron chi connectivity index (χ4n) is 4.31. The molecular weight excluding hydrogens is 416 g/mol. The van der Waals surface area contributed by atoms with E-state index in [1.165, 1.54) is 0 Å². The third-order valence-corrected chi connectivity index (χ3v) is 5.92. The summed E-state index contributed by atoms with van der Waals surface area (Å²) in [5.41, 5.74) is 5.02. The number of hydrogen-bond acceptors (Lipinski definition) is 5. The topological polar surface area (TPSA) is 91.4 Å². The SMILES string of the molecule is N#Cc1ccccc1-c1ccc(Cn2c(N3CCOCC3)nc3cccc(C(=O)O)c32)cc1. The number of anilines is 1. The van der Waals surface area contributed by atoms with Crippen molar-refractivity contribution in [1.82, 2.24) is 9.55 Å². The van der Waals surface area contributed by atoms with E-state index in [0.29, 0.717) is 49.4 Å². The zero-order valence-electron chi connectivity index (χ0n) is 17.9. The Kier molecular flexibility index (Phi) is 5.51. The number of rotatable bonds is 5. The number of aromatic nitrogens is 2. The summed E-state index contributed by atoms with van der Waals surface area (Å²) in [5, 5.41) is 19.2. The number of fused-ring (bicyclic) bond motifs is 1. The summed E-state index contributed by atoms with van der Waals surface area (Å²) >= 11 is 0. The number of ether oxygens (including phenoxy) is 1. The molecule has 7 heteroatoms. The molecule has 1 fully saturated rings. The number of nitrogens with zero attached hydrogens (tertiary/aromatic N) is 4. The van der Waals surface area contributed by atoms with Crippen LogP contribution in [0.25, 0.3) is 22.2 Å². The number of aromatic carboxylic acids is 1. The van der Waals surface area contributed by atoms with Gasteiger partial charge in [0.25, 0.3) is 0 Å². The van der Waals surface area contributed by atoms with E-state index in [9.17, 15) is 15.2 Å². The summed E-state index contributed by atoms with van der Waals surface area (Å²) in [7, 11) is 0. The Labute approximate surface area is 191 Å². The van der Waals surface area contributed by atoms with E-state index in [0.717, 1.165) is 22.6 Å². The Hall–Kier alpha value is -4.15. The smallest absolute Gasteiger partial charge is 0.337 e. The van der Waals surface area contributed by atoms with Crippen molar-refractivity contribution in [2.45, 2.75) is 6.54 Å². The van der Waals surface area contributed by atoms with Gasteiger partial charge in [-0.2, -0.15) is 5.26 Å². The standard InChI is InChI=1S/C26H22N4O3/c27-16-20-4-1-2-5-21(20)19-10-8-18(9-11-19)17-30-24-22(25(31)32)6-3-7-23(24)28-26(30)29-12-14-33-15-13-29/h1-11H,12-15,17H2,(H,31,32). The minimum absolute atomic E-state index is 0.235. The highest BCUT2D eigenvalue weighted by Gasteiger charge is 2.23. The van der Waals surface area contributed by atoms with Crippen LogP contribution in [0.1, 0.15) is 21.5 Å². The third-order valence-electron chi connectivity index (χ3n) is 5.92. The number of para-hydroxylation sites is 1. The number of nitriles is 1. The van der Waals surface area contributed by atoms with E-state index in [2.05, 4.69) is 11.0 Å². The average Bonchev–Trinajstić information content (AvgIpc) is 3.23. The molecule has 1 aromatic heterocycles. The molecule has 1 saturated heterocycles. The number of morpholine rings is 1. The van der Waals surface area contributed by atoms with Crippen molar-refractivity contribution in [3.63, 3.8) is 0 Å². The first-order valence-electron chi connectivity index (χ1n) is 10.8. The Morgan fingerprint density at radius 2 is 1.79 bits per heavy atom. The van der Waals surface area contributed by atoms with Crippen LogP contribution in [0, 0.1) is 11.3 Å². The van der Waals surface area contributed by atoms with E-state index in [4.69, 9.17) is 9.72 Å². The second-order valence-electron chi connectivity index (χ2n) is 7.93. The van der Waals surface area contributed by atoms with Gasteiger partial charge in [0.2, 0.25) is 5.95 Å². The van der Waals surface area contributed by atoms with E-state index in [1.807, 2.05) is 59.2 Å². The zero-order valence-corrected chi connectivity index (χ0v) is 17.9. The highest BCUT2D eigenvalue weighted by atomic mass is 16.5. The lowest BCUT2D eigenvalue weighted by molar-refractivity contribution is 0.0698. The Bertz CT molecular complexity index is 1360. The van der Waals surface area contributed by atoms with Crippen molar-refractivity contribution >= 4 is 23.0 Å². The van der Waals surface area contributed by atoms with Gasteiger partial charge in [0.05, 0.1) is 48.0 Å². The predicted molar refractivity (Wildman–Crippen MR) is 125 cm³/mol. The maximum absolute atomic E-state index is 12.0. The van der Waals surface area contributed by atoms with Crippen LogP contribution in [-0.2, 0) is 11.3 Å². The van der Waals surface area contributed by atoms with Gasteiger partial charge < -0.3 is 19.3 Å². The molecule has 0 unspecified atom stereocenters. The van der Waals surface area contributed by atoms with Crippen LogP contribution in [0.3, 0.4) is 0 Å². The largest absolute Gasteiger partial charge is 0.478 e. The van der Waals surface area contributed by atoms with Gasteiger partial charge in [-0.3, -0.25) is 0 Å². The molecular formula is C26H22N4O3. The first-order chi connectivity index (χ1) is 16.2. The van der Waals surface area contributed by atoms with Gasteiger partial charge in [0.1, 0.15) is 0 Å². The van der Waals surface area contributed by atoms with Crippen LogP contribution < -0.4 is 4.90 Å². The van der Waals surface area contributed by atoms with Crippen molar-refractivity contribution in [1.29, 1.82) is 5.26 Å². The maximum atomic E-state index is 12.0. The Balaban J connectivity index is 1.56. The van der Waals surface area contributed by atoms with Crippen LogP contribution in [-0.4, -0.2) is 46.9 Å². The highest BCUT2D eigenvalue weighted by molar-refractivity contribution is 6.02. The maximum Gasteiger partial charge on any atom is 0.337 e. The van der Waals surface area contributed by atoms with Crippen LogP contribution >= 0.6 is 0 Å². The molecule has 0 aliphatic carbocycles. The molecule has 3 aromatic carbocycles. The van der Waals surface area contributed by atoms with E-state index in [-0.39, 0.29) is 5.56 Å². The van der Waals surface area contributed by atoms with Crippen LogP contribution in [0.15, 0.2) is 66.7 Å². The molecule has 164 valence electrons. The molecule has 5 rings (SSSR count). The van der Waals surface area contributed by atoms with Crippen LogP contribution in [0.2, 0.25) is 0 Å². The highest BCUT2D eigenvalue weighted by Crippen LogP contribution is 2.29. The minimum Gasteiger partial charge on any atom is -0.478 e. The summed E-state index contributed by atoms with van der Waals surface area (Å²) < 4.78 is 7.48. The number of imidazole rings is 1. The molecule has 4 aromatic rings. The molecule has 1 N–H and O–H groups in total. The van der Waals surface area contributed by atoms with E-state index >= 15 is 0 Å². The number of carboxylic acids is 1. The lowest BCUT2D eigenvalue weighted by atomic mass is 9.99. The van der Waals surface area contributed by atoms with E-state index < -0.39 is 5.97 Å². The fourth-order valence-corrected chi connectivity index (χ4v) is 4.31. The third kappa shape index (κ3) is 3.93. The molecule has 33 heavy (non-hydrogen) atoms. The van der Waals surface area contributed by atoms with Gasteiger partial charge in [0.15, 0.2) is 0 Å². The van der Waals surface area contributed by atoms with Crippen molar-refractivity contribution in [3.8, 4) is 17.2 Å². The first-order valence-corrected chi connectivity index (χ1v) is 10.8. The second kappa shape index (κ2) is 8.77. The molecule has 0 radical (unpaired) electrons. The second-order valence-corrected chi connectivity index (χ2v) is 7.93. The molecule has 0 amide bonds. The summed E-state index contributed by atoms with van der Waals surface area (Å²) in [6.45, 7) is 3.11. The van der Waals surface area contributed by atoms with Crippen molar-refractivity contribution in [2.24, 2.45) is 0 Å². The van der Waals surface area contributed by atoms with Crippen molar-refractivity contribution in [2.75, 3.05) is 31.2 Å². The molecule has 2 heterocycles. The molecule has 1 aliphatic heterocycles. The molecule has 0 atom stereocenters. The molecule has 0 bridgehead atoms. The van der Waals surface area contributed by atoms with Crippen molar-refractivity contribution < 1.29 is 14.6 Å². The number of benzene rings is 3. The molecule has 1 aliphatic rings. The van der Waals surface area contributed by atoms with Gasteiger partial charge in [0, 0.05) is 13.1 Å². The quantitative estimate of drug-likeness (QED) is 0.503. The monoisotopic (exact) mass is 438 g/mol. The van der Waals surface area contributed by atoms with Gasteiger partial charge in [-0.1, -0.05) is 48.5 Å². The van der Waals surface area contributed by atoms with Gasteiger partial charge in [-0.25, -0.2) is 9.78 Å².